The van der Waals surface area contributed by atoms with Crippen LogP contribution in [-0.2, 0) is 0 Å². The SMILES string of the molecule is Cc1cc(NC2CC(C)CC(C)C2)c(Br)cc1N. The van der Waals surface area contributed by atoms with Gasteiger partial charge in [-0.2, -0.15) is 0 Å². The van der Waals surface area contributed by atoms with Crippen molar-refractivity contribution >= 4 is 27.3 Å². The van der Waals surface area contributed by atoms with Crippen LogP contribution in [-0.4, -0.2) is 6.04 Å². The fourth-order valence-electron chi connectivity index (χ4n) is 3.09. The Kier molecular flexibility index (Phi) is 4.21. The smallest absolute Gasteiger partial charge is 0.0490 e. The standard InChI is InChI=1S/C15H23BrN2/c1-9-4-10(2)6-12(5-9)18-15-7-11(3)14(17)8-13(15)16/h7-10,12,18H,4-6,17H2,1-3H3. The number of hydrogen-bond acceptors (Lipinski definition) is 2. The maximum absolute atomic E-state index is 5.91. The largest absolute Gasteiger partial charge is 0.398 e. The molecule has 2 unspecified atom stereocenters. The number of anilines is 2. The summed E-state index contributed by atoms with van der Waals surface area (Å²) < 4.78 is 1.07. The van der Waals surface area contributed by atoms with Crippen molar-refractivity contribution in [3.05, 3.63) is 22.2 Å². The highest BCUT2D eigenvalue weighted by atomic mass is 79.9. The first kappa shape index (κ1) is 13.7. The van der Waals surface area contributed by atoms with Gasteiger partial charge in [-0.15, -0.1) is 0 Å². The highest BCUT2D eigenvalue weighted by Crippen LogP contribution is 2.33. The molecule has 1 aromatic carbocycles. The fraction of sp³-hybridized carbons (Fsp3) is 0.600. The molecular weight excluding hydrogens is 288 g/mol. The minimum Gasteiger partial charge on any atom is -0.398 e. The molecule has 0 amide bonds. The summed E-state index contributed by atoms with van der Waals surface area (Å²) in [7, 11) is 0. The van der Waals surface area contributed by atoms with Gasteiger partial charge in [0.1, 0.15) is 0 Å². The summed E-state index contributed by atoms with van der Waals surface area (Å²) in [6.45, 7) is 6.76. The number of halogens is 1. The maximum atomic E-state index is 5.91. The third kappa shape index (κ3) is 3.19. The number of nitrogens with one attached hydrogen (secondary N) is 1. The number of aryl methyl sites for hydroxylation is 1. The predicted molar refractivity (Wildman–Crippen MR) is 82.9 cm³/mol. The zero-order chi connectivity index (χ0) is 13.3. The second-order valence-electron chi connectivity index (χ2n) is 5.95. The second-order valence-corrected chi connectivity index (χ2v) is 6.80. The van der Waals surface area contributed by atoms with Crippen LogP contribution < -0.4 is 11.1 Å². The first-order valence-corrected chi connectivity index (χ1v) is 7.57. The lowest BCUT2D eigenvalue weighted by molar-refractivity contribution is 0.281. The molecule has 1 saturated carbocycles. The van der Waals surface area contributed by atoms with Crippen LogP contribution in [0, 0.1) is 18.8 Å². The molecule has 1 fully saturated rings. The Morgan fingerprint density at radius 2 is 1.78 bits per heavy atom. The number of rotatable bonds is 2. The lowest BCUT2D eigenvalue weighted by Gasteiger charge is -2.33. The molecule has 0 aliphatic heterocycles. The van der Waals surface area contributed by atoms with Crippen molar-refractivity contribution in [1.82, 2.24) is 0 Å². The Balaban J connectivity index is 2.11. The molecule has 100 valence electrons. The van der Waals surface area contributed by atoms with Gasteiger partial charge in [-0.1, -0.05) is 13.8 Å². The van der Waals surface area contributed by atoms with Gasteiger partial charge in [0.05, 0.1) is 0 Å². The lowest BCUT2D eigenvalue weighted by atomic mass is 9.80. The predicted octanol–water partition coefficient (Wildman–Crippen LogP) is 4.58. The minimum atomic E-state index is 0.586. The molecular formula is C15H23BrN2. The van der Waals surface area contributed by atoms with E-state index in [4.69, 9.17) is 5.73 Å². The summed E-state index contributed by atoms with van der Waals surface area (Å²) in [5.74, 6) is 1.64. The van der Waals surface area contributed by atoms with Crippen molar-refractivity contribution in [2.45, 2.75) is 46.1 Å². The molecule has 1 aliphatic rings. The molecule has 0 saturated heterocycles. The van der Waals surface area contributed by atoms with Gasteiger partial charge in [0.2, 0.25) is 0 Å². The van der Waals surface area contributed by atoms with Gasteiger partial charge in [-0.05, 0) is 71.6 Å². The van der Waals surface area contributed by atoms with Gasteiger partial charge < -0.3 is 11.1 Å². The Labute approximate surface area is 118 Å². The van der Waals surface area contributed by atoms with Gasteiger partial charge in [0, 0.05) is 21.9 Å². The number of nitrogens with two attached hydrogens (primary N) is 1. The summed E-state index contributed by atoms with van der Waals surface area (Å²) in [6, 6.07) is 4.72. The topological polar surface area (TPSA) is 38.0 Å². The number of nitrogen functional groups attached to an aromatic ring is 1. The highest BCUT2D eigenvalue weighted by Gasteiger charge is 2.24. The molecule has 3 N–H and O–H groups in total. The maximum Gasteiger partial charge on any atom is 0.0490 e. The summed E-state index contributed by atoms with van der Waals surface area (Å²) in [6.07, 6.45) is 3.89. The van der Waals surface area contributed by atoms with E-state index in [9.17, 15) is 0 Å². The van der Waals surface area contributed by atoms with E-state index in [1.54, 1.807) is 0 Å². The first-order chi connectivity index (χ1) is 8.45. The van der Waals surface area contributed by atoms with Crippen LogP contribution >= 0.6 is 15.9 Å². The molecule has 2 rings (SSSR count). The van der Waals surface area contributed by atoms with Crippen molar-refractivity contribution < 1.29 is 0 Å². The van der Waals surface area contributed by atoms with Crippen LogP contribution in [0.4, 0.5) is 11.4 Å². The van der Waals surface area contributed by atoms with Crippen LogP contribution in [0.2, 0.25) is 0 Å². The van der Waals surface area contributed by atoms with Crippen molar-refractivity contribution in [1.29, 1.82) is 0 Å². The van der Waals surface area contributed by atoms with E-state index in [1.165, 1.54) is 24.9 Å². The van der Waals surface area contributed by atoms with Gasteiger partial charge in [-0.25, -0.2) is 0 Å². The third-order valence-electron chi connectivity index (χ3n) is 3.89. The highest BCUT2D eigenvalue weighted by molar-refractivity contribution is 9.10. The molecule has 0 heterocycles. The Morgan fingerprint density at radius 1 is 1.17 bits per heavy atom. The van der Waals surface area contributed by atoms with Crippen molar-refractivity contribution in [3.63, 3.8) is 0 Å². The molecule has 0 bridgehead atoms. The zero-order valence-corrected chi connectivity index (χ0v) is 13.0. The first-order valence-electron chi connectivity index (χ1n) is 6.78. The normalized spacial score (nSPS) is 28.1. The van der Waals surface area contributed by atoms with Crippen LogP contribution in [0.25, 0.3) is 0 Å². The zero-order valence-electron chi connectivity index (χ0n) is 11.5. The van der Waals surface area contributed by atoms with E-state index in [-0.39, 0.29) is 0 Å². The Morgan fingerprint density at radius 3 is 2.39 bits per heavy atom. The van der Waals surface area contributed by atoms with Gasteiger partial charge in [0.25, 0.3) is 0 Å². The molecule has 0 radical (unpaired) electrons. The van der Waals surface area contributed by atoms with Gasteiger partial charge in [0.15, 0.2) is 0 Å². The summed E-state index contributed by atoms with van der Waals surface area (Å²) >= 11 is 3.60. The quantitative estimate of drug-likeness (QED) is 0.785. The van der Waals surface area contributed by atoms with E-state index in [0.717, 1.165) is 27.6 Å². The Hall–Kier alpha value is -0.700. The van der Waals surface area contributed by atoms with E-state index in [0.29, 0.717) is 6.04 Å². The number of benzene rings is 1. The van der Waals surface area contributed by atoms with E-state index < -0.39 is 0 Å². The van der Waals surface area contributed by atoms with Crippen LogP contribution in [0.1, 0.15) is 38.7 Å². The molecule has 2 nitrogen and oxygen atoms in total. The van der Waals surface area contributed by atoms with Crippen molar-refractivity contribution in [3.8, 4) is 0 Å². The van der Waals surface area contributed by atoms with Gasteiger partial charge >= 0.3 is 0 Å². The molecule has 2 atom stereocenters. The molecule has 1 aromatic rings. The minimum absolute atomic E-state index is 0.586. The van der Waals surface area contributed by atoms with Crippen molar-refractivity contribution in [2.75, 3.05) is 11.1 Å². The average molecular weight is 311 g/mol. The Bertz CT molecular complexity index is 421. The van der Waals surface area contributed by atoms with E-state index in [2.05, 4.69) is 48.1 Å². The molecule has 18 heavy (non-hydrogen) atoms. The fourth-order valence-corrected chi connectivity index (χ4v) is 3.57. The summed E-state index contributed by atoms with van der Waals surface area (Å²) in [5.41, 5.74) is 9.06. The molecule has 0 aromatic heterocycles. The summed E-state index contributed by atoms with van der Waals surface area (Å²) in [4.78, 5) is 0. The van der Waals surface area contributed by atoms with Crippen LogP contribution in [0.15, 0.2) is 16.6 Å². The molecule has 0 spiro atoms. The summed E-state index contributed by atoms with van der Waals surface area (Å²) in [5, 5.41) is 3.68. The van der Waals surface area contributed by atoms with Crippen molar-refractivity contribution in [2.24, 2.45) is 11.8 Å². The van der Waals surface area contributed by atoms with E-state index in [1.807, 2.05) is 6.07 Å². The van der Waals surface area contributed by atoms with Gasteiger partial charge in [-0.3, -0.25) is 0 Å². The lowest BCUT2D eigenvalue weighted by Crippen LogP contribution is -2.30. The molecule has 1 aliphatic carbocycles. The monoisotopic (exact) mass is 310 g/mol. The van der Waals surface area contributed by atoms with E-state index >= 15 is 0 Å². The second kappa shape index (κ2) is 5.52. The molecule has 3 heteroatoms. The van der Waals surface area contributed by atoms with Crippen LogP contribution in [0.5, 0.6) is 0 Å². The number of hydrogen-bond donors (Lipinski definition) is 2. The average Bonchev–Trinajstić information content (AvgIpc) is 2.24. The third-order valence-corrected chi connectivity index (χ3v) is 4.55. The van der Waals surface area contributed by atoms with Crippen LogP contribution in [0.3, 0.4) is 0 Å².